The van der Waals surface area contributed by atoms with E-state index in [1.807, 2.05) is 0 Å². The summed E-state index contributed by atoms with van der Waals surface area (Å²) >= 11 is 0. The van der Waals surface area contributed by atoms with Crippen molar-refractivity contribution in [2.24, 2.45) is 5.92 Å². The SMILES string of the molecule is O=C(O)C1CCN(C(=O)CNCCN2CCOCC2)CC1. The van der Waals surface area contributed by atoms with Crippen molar-refractivity contribution in [2.75, 3.05) is 59.0 Å². The summed E-state index contributed by atoms with van der Waals surface area (Å²) in [6.45, 7) is 6.66. The Morgan fingerprint density at radius 2 is 1.81 bits per heavy atom. The van der Waals surface area contributed by atoms with Gasteiger partial charge in [-0.05, 0) is 12.8 Å². The van der Waals surface area contributed by atoms with Crippen LogP contribution in [0.3, 0.4) is 0 Å². The Kier molecular flexibility index (Phi) is 6.41. The second-order valence-corrected chi connectivity index (χ2v) is 5.62. The molecule has 0 aromatic heterocycles. The summed E-state index contributed by atoms with van der Waals surface area (Å²) in [4.78, 5) is 27.0. The maximum Gasteiger partial charge on any atom is 0.306 e. The third-order valence-electron chi connectivity index (χ3n) is 4.18. The van der Waals surface area contributed by atoms with Crippen LogP contribution in [0.1, 0.15) is 12.8 Å². The molecule has 0 radical (unpaired) electrons. The highest BCUT2D eigenvalue weighted by atomic mass is 16.5. The molecule has 2 heterocycles. The summed E-state index contributed by atoms with van der Waals surface area (Å²) in [7, 11) is 0. The standard InChI is InChI=1S/C14H25N3O4/c18-13(17-4-1-12(2-5-17)14(19)20)11-15-3-6-16-7-9-21-10-8-16/h12,15H,1-11H2,(H,19,20). The van der Waals surface area contributed by atoms with Crippen molar-refractivity contribution >= 4 is 11.9 Å². The number of morpholine rings is 1. The highest BCUT2D eigenvalue weighted by Gasteiger charge is 2.26. The van der Waals surface area contributed by atoms with E-state index in [-0.39, 0.29) is 11.8 Å². The zero-order chi connectivity index (χ0) is 15.1. The highest BCUT2D eigenvalue weighted by molar-refractivity contribution is 5.78. The predicted molar refractivity (Wildman–Crippen MR) is 77.1 cm³/mol. The van der Waals surface area contributed by atoms with E-state index in [1.165, 1.54) is 0 Å². The Bertz CT molecular complexity index is 350. The van der Waals surface area contributed by atoms with Crippen molar-refractivity contribution in [3.8, 4) is 0 Å². The van der Waals surface area contributed by atoms with Crippen LogP contribution in [0.2, 0.25) is 0 Å². The molecule has 120 valence electrons. The summed E-state index contributed by atoms with van der Waals surface area (Å²) in [5.74, 6) is -0.963. The molecule has 7 nitrogen and oxygen atoms in total. The molecule has 0 spiro atoms. The van der Waals surface area contributed by atoms with Gasteiger partial charge in [0, 0.05) is 39.3 Å². The molecule has 2 fully saturated rings. The number of piperidine rings is 1. The number of nitrogens with one attached hydrogen (secondary N) is 1. The largest absolute Gasteiger partial charge is 0.481 e. The number of carbonyl (C=O) groups excluding carboxylic acids is 1. The first-order chi connectivity index (χ1) is 10.2. The maximum atomic E-state index is 12.0. The Hall–Kier alpha value is -1.18. The van der Waals surface area contributed by atoms with Crippen LogP contribution in [0.5, 0.6) is 0 Å². The van der Waals surface area contributed by atoms with Gasteiger partial charge in [-0.2, -0.15) is 0 Å². The van der Waals surface area contributed by atoms with Crippen LogP contribution in [0, 0.1) is 5.92 Å². The van der Waals surface area contributed by atoms with Gasteiger partial charge >= 0.3 is 5.97 Å². The van der Waals surface area contributed by atoms with Crippen LogP contribution in [-0.2, 0) is 14.3 Å². The normalized spacial score (nSPS) is 21.4. The average Bonchev–Trinajstić information content (AvgIpc) is 2.52. The molecule has 0 saturated carbocycles. The lowest BCUT2D eigenvalue weighted by atomic mass is 9.97. The van der Waals surface area contributed by atoms with E-state index >= 15 is 0 Å². The number of likely N-dealkylation sites (tertiary alicyclic amines) is 1. The molecular weight excluding hydrogens is 274 g/mol. The van der Waals surface area contributed by atoms with E-state index < -0.39 is 5.97 Å². The highest BCUT2D eigenvalue weighted by Crippen LogP contribution is 2.16. The molecular formula is C14H25N3O4. The van der Waals surface area contributed by atoms with Crippen molar-refractivity contribution in [3.63, 3.8) is 0 Å². The molecule has 2 saturated heterocycles. The first-order valence-electron chi connectivity index (χ1n) is 7.68. The Balaban J connectivity index is 1.56. The number of rotatable bonds is 6. The number of hydrogen-bond acceptors (Lipinski definition) is 5. The zero-order valence-electron chi connectivity index (χ0n) is 12.4. The number of hydrogen-bond donors (Lipinski definition) is 2. The molecule has 2 aliphatic rings. The van der Waals surface area contributed by atoms with E-state index in [0.29, 0.717) is 32.5 Å². The van der Waals surface area contributed by atoms with E-state index in [4.69, 9.17) is 9.84 Å². The third kappa shape index (κ3) is 5.26. The lowest BCUT2D eigenvalue weighted by Gasteiger charge is -2.30. The molecule has 0 bridgehead atoms. The van der Waals surface area contributed by atoms with Gasteiger partial charge in [0.2, 0.25) is 5.91 Å². The summed E-state index contributed by atoms with van der Waals surface area (Å²) in [6.07, 6.45) is 1.13. The smallest absolute Gasteiger partial charge is 0.306 e. The summed E-state index contributed by atoms with van der Waals surface area (Å²) in [5, 5.41) is 12.1. The van der Waals surface area contributed by atoms with Gasteiger partial charge < -0.3 is 20.1 Å². The van der Waals surface area contributed by atoms with Crippen molar-refractivity contribution in [3.05, 3.63) is 0 Å². The molecule has 2 aliphatic heterocycles. The summed E-state index contributed by atoms with van der Waals surface area (Å²) in [5.41, 5.74) is 0. The zero-order valence-corrected chi connectivity index (χ0v) is 12.4. The lowest BCUT2D eigenvalue weighted by molar-refractivity contribution is -0.145. The van der Waals surface area contributed by atoms with E-state index in [0.717, 1.165) is 39.4 Å². The molecule has 21 heavy (non-hydrogen) atoms. The molecule has 2 rings (SSSR count). The van der Waals surface area contributed by atoms with E-state index in [9.17, 15) is 9.59 Å². The van der Waals surface area contributed by atoms with Crippen molar-refractivity contribution in [2.45, 2.75) is 12.8 Å². The number of carboxylic acids is 1. The molecule has 0 aliphatic carbocycles. The van der Waals surface area contributed by atoms with Crippen LogP contribution in [-0.4, -0.2) is 85.8 Å². The third-order valence-corrected chi connectivity index (χ3v) is 4.18. The number of carbonyl (C=O) groups is 2. The van der Waals surface area contributed by atoms with Crippen LogP contribution in [0.15, 0.2) is 0 Å². The summed E-state index contributed by atoms with van der Waals surface area (Å²) < 4.78 is 5.28. The lowest BCUT2D eigenvalue weighted by Crippen LogP contribution is -2.45. The molecule has 0 aromatic carbocycles. The first kappa shape index (κ1) is 16.2. The van der Waals surface area contributed by atoms with Gasteiger partial charge in [-0.1, -0.05) is 0 Å². The topological polar surface area (TPSA) is 82.1 Å². The fourth-order valence-electron chi connectivity index (χ4n) is 2.74. The Morgan fingerprint density at radius 3 is 2.43 bits per heavy atom. The van der Waals surface area contributed by atoms with Crippen LogP contribution in [0.4, 0.5) is 0 Å². The molecule has 0 atom stereocenters. The van der Waals surface area contributed by atoms with Crippen LogP contribution < -0.4 is 5.32 Å². The van der Waals surface area contributed by atoms with Gasteiger partial charge in [-0.15, -0.1) is 0 Å². The maximum absolute atomic E-state index is 12.0. The number of carboxylic acid groups (broad SMARTS) is 1. The Morgan fingerprint density at radius 1 is 1.14 bits per heavy atom. The monoisotopic (exact) mass is 299 g/mol. The van der Waals surface area contributed by atoms with Crippen LogP contribution in [0.25, 0.3) is 0 Å². The minimum Gasteiger partial charge on any atom is -0.481 e. The number of aliphatic carboxylic acids is 1. The quantitative estimate of drug-likeness (QED) is 0.627. The molecule has 0 aromatic rings. The second kappa shape index (κ2) is 8.31. The number of ether oxygens (including phenoxy) is 1. The van der Waals surface area contributed by atoms with Gasteiger partial charge in [0.15, 0.2) is 0 Å². The Labute approximate surface area is 125 Å². The van der Waals surface area contributed by atoms with Crippen LogP contribution >= 0.6 is 0 Å². The number of nitrogens with zero attached hydrogens (tertiary/aromatic N) is 2. The van der Waals surface area contributed by atoms with Gasteiger partial charge in [0.05, 0.1) is 25.7 Å². The average molecular weight is 299 g/mol. The minimum absolute atomic E-state index is 0.0702. The van der Waals surface area contributed by atoms with Gasteiger partial charge in [0.1, 0.15) is 0 Å². The fraction of sp³-hybridized carbons (Fsp3) is 0.857. The van der Waals surface area contributed by atoms with Gasteiger partial charge in [-0.3, -0.25) is 14.5 Å². The van der Waals surface area contributed by atoms with Gasteiger partial charge in [-0.25, -0.2) is 0 Å². The minimum atomic E-state index is -0.745. The van der Waals surface area contributed by atoms with Crippen molar-refractivity contribution < 1.29 is 19.4 Å². The van der Waals surface area contributed by atoms with E-state index in [1.54, 1.807) is 4.90 Å². The van der Waals surface area contributed by atoms with Crippen molar-refractivity contribution in [1.29, 1.82) is 0 Å². The molecule has 2 N–H and O–H groups in total. The van der Waals surface area contributed by atoms with E-state index in [2.05, 4.69) is 10.2 Å². The molecule has 0 unspecified atom stereocenters. The van der Waals surface area contributed by atoms with Gasteiger partial charge in [0.25, 0.3) is 0 Å². The second-order valence-electron chi connectivity index (χ2n) is 5.62. The molecule has 7 heteroatoms. The first-order valence-corrected chi connectivity index (χ1v) is 7.68. The molecule has 1 amide bonds. The fourth-order valence-corrected chi connectivity index (χ4v) is 2.74. The summed E-state index contributed by atoms with van der Waals surface area (Å²) in [6, 6.07) is 0. The van der Waals surface area contributed by atoms with Crippen molar-refractivity contribution in [1.82, 2.24) is 15.1 Å². The predicted octanol–water partition coefficient (Wildman–Crippen LogP) is -0.769. The number of amides is 1.